The minimum absolute atomic E-state index is 0.164. The van der Waals surface area contributed by atoms with Crippen molar-refractivity contribution in [3.8, 4) is 11.9 Å². The van der Waals surface area contributed by atoms with Crippen molar-refractivity contribution in [2.45, 2.75) is 6.42 Å². The Balaban J connectivity index is 2.37. The van der Waals surface area contributed by atoms with Crippen molar-refractivity contribution in [2.75, 3.05) is 12.4 Å². The molecule has 18 heavy (non-hydrogen) atoms. The number of carbonyl (C=O) groups is 1. The van der Waals surface area contributed by atoms with E-state index >= 15 is 0 Å². The minimum atomic E-state index is -0.334. The molecule has 2 rings (SSSR count). The molecule has 1 aromatic carbocycles. The molecule has 0 unspecified atom stereocenters. The second-order valence-electron chi connectivity index (χ2n) is 3.64. The van der Waals surface area contributed by atoms with Gasteiger partial charge >= 0.3 is 0 Å². The maximum absolute atomic E-state index is 11.3. The first-order chi connectivity index (χ1) is 8.74. The molecule has 0 radical (unpaired) electrons. The van der Waals surface area contributed by atoms with Gasteiger partial charge in [-0.15, -0.1) is 0 Å². The molecule has 1 heterocycles. The van der Waals surface area contributed by atoms with Crippen LogP contribution in [-0.2, 0) is 4.79 Å². The Morgan fingerprint density at radius 3 is 3.06 bits per heavy atom. The molecule has 5 heteroatoms. The fraction of sp³-hybridized carbons (Fsp3) is 0.154. The minimum Gasteiger partial charge on any atom is -0.481 e. The molecule has 90 valence electrons. The highest BCUT2D eigenvalue weighted by Crippen LogP contribution is 2.25. The Labute approximate surface area is 104 Å². The van der Waals surface area contributed by atoms with Crippen LogP contribution in [0.5, 0.6) is 5.88 Å². The average Bonchev–Trinajstić information content (AvgIpc) is 2.38. The van der Waals surface area contributed by atoms with Gasteiger partial charge in [0.1, 0.15) is 6.42 Å². The summed E-state index contributed by atoms with van der Waals surface area (Å²) < 4.78 is 5.16. The van der Waals surface area contributed by atoms with Gasteiger partial charge in [0, 0.05) is 17.3 Å². The van der Waals surface area contributed by atoms with E-state index in [1.54, 1.807) is 31.5 Å². The Morgan fingerprint density at radius 2 is 2.33 bits per heavy atom. The molecule has 0 atom stereocenters. The monoisotopic (exact) mass is 241 g/mol. The number of hydrogen-bond acceptors (Lipinski definition) is 4. The van der Waals surface area contributed by atoms with Crippen LogP contribution in [0.4, 0.5) is 5.69 Å². The maximum Gasteiger partial charge on any atom is 0.238 e. The third kappa shape index (κ3) is 2.38. The average molecular weight is 241 g/mol. The first kappa shape index (κ1) is 11.9. The summed E-state index contributed by atoms with van der Waals surface area (Å²) in [6.07, 6.45) is 1.50. The SMILES string of the molecule is COc1nccc2ccc(NC(=O)CC#N)cc12. The summed E-state index contributed by atoms with van der Waals surface area (Å²) >= 11 is 0. The second-order valence-corrected chi connectivity index (χ2v) is 3.64. The number of nitriles is 1. The van der Waals surface area contributed by atoms with Crippen LogP contribution in [0.2, 0.25) is 0 Å². The summed E-state index contributed by atoms with van der Waals surface area (Å²) in [5.74, 6) is 0.170. The standard InChI is InChI=1S/C13H11N3O2/c1-18-13-11-8-10(16-12(17)4-6-14)3-2-9(11)5-7-15-13/h2-3,5,7-8H,4H2,1H3,(H,16,17). The Bertz CT molecular complexity index is 632. The molecule has 0 saturated carbocycles. The molecule has 1 amide bonds. The van der Waals surface area contributed by atoms with Crippen LogP contribution in [-0.4, -0.2) is 18.0 Å². The van der Waals surface area contributed by atoms with E-state index in [2.05, 4.69) is 10.3 Å². The summed E-state index contributed by atoms with van der Waals surface area (Å²) in [5, 5.41) is 12.9. The third-order valence-corrected chi connectivity index (χ3v) is 2.45. The maximum atomic E-state index is 11.3. The van der Waals surface area contributed by atoms with Gasteiger partial charge in [0.25, 0.3) is 0 Å². The zero-order chi connectivity index (χ0) is 13.0. The fourth-order valence-corrected chi connectivity index (χ4v) is 1.66. The van der Waals surface area contributed by atoms with E-state index < -0.39 is 0 Å². The lowest BCUT2D eigenvalue weighted by Gasteiger charge is -2.07. The number of pyridine rings is 1. The van der Waals surface area contributed by atoms with E-state index in [9.17, 15) is 4.79 Å². The number of hydrogen-bond donors (Lipinski definition) is 1. The van der Waals surface area contributed by atoms with Crippen molar-refractivity contribution >= 4 is 22.4 Å². The second kappa shape index (κ2) is 5.15. The summed E-state index contributed by atoms with van der Waals surface area (Å²) in [4.78, 5) is 15.4. The van der Waals surface area contributed by atoms with Gasteiger partial charge in [-0.25, -0.2) is 4.98 Å². The van der Waals surface area contributed by atoms with E-state index in [1.165, 1.54) is 0 Å². The van der Waals surface area contributed by atoms with Gasteiger partial charge in [0.2, 0.25) is 11.8 Å². The van der Waals surface area contributed by atoms with Crippen molar-refractivity contribution < 1.29 is 9.53 Å². The van der Waals surface area contributed by atoms with Crippen LogP contribution in [0.15, 0.2) is 30.5 Å². The van der Waals surface area contributed by atoms with Crippen LogP contribution in [0, 0.1) is 11.3 Å². The fourth-order valence-electron chi connectivity index (χ4n) is 1.66. The number of carbonyl (C=O) groups excluding carboxylic acids is 1. The Hall–Kier alpha value is -2.61. The number of nitrogens with zero attached hydrogens (tertiary/aromatic N) is 2. The molecule has 0 aliphatic heterocycles. The van der Waals surface area contributed by atoms with Gasteiger partial charge in [0.05, 0.1) is 13.2 Å². The van der Waals surface area contributed by atoms with Gasteiger partial charge in [-0.1, -0.05) is 6.07 Å². The number of methoxy groups -OCH3 is 1. The van der Waals surface area contributed by atoms with Crippen LogP contribution >= 0.6 is 0 Å². The molecule has 1 aromatic heterocycles. The largest absolute Gasteiger partial charge is 0.481 e. The van der Waals surface area contributed by atoms with Crippen molar-refractivity contribution in [3.63, 3.8) is 0 Å². The summed E-state index contributed by atoms with van der Waals surface area (Å²) in [7, 11) is 1.54. The quantitative estimate of drug-likeness (QED) is 0.892. The third-order valence-electron chi connectivity index (χ3n) is 2.45. The predicted octanol–water partition coefficient (Wildman–Crippen LogP) is 2.10. The van der Waals surface area contributed by atoms with E-state index in [0.717, 1.165) is 10.8 Å². The number of benzene rings is 1. The smallest absolute Gasteiger partial charge is 0.238 e. The molecule has 0 saturated heterocycles. The van der Waals surface area contributed by atoms with E-state index in [4.69, 9.17) is 10.00 Å². The number of nitrogens with one attached hydrogen (secondary N) is 1. The number of aromatic nitrogens is 1. The summed E-state index contributed by atoms with van der Waals surface area (Å²) in [6, 6.07) is 9.07. The highest BCUT2D eigenvalue weighted by atomic mass is 16.5. The lowest BCUT2D eigenvalue weighted by atomic mass is 10.1. The number of amides is 1. The number of ether oxygens (including phenoxy) is 1. The molecule has 0 aliphatic rings. The molecule has 0 spiro atoms. The highest BCUT2D eigenvalue weighted by Gasteiger charge is 2.05. The van der Waals surface area contributed by atoms with E-state index in [-0.39, 0.29) is 12.3 Å². The van der Waals surface area contributed by atoms with Crippen LogP contribution in [0.3, 0.4) is 0 Å². The van der Waals surface area contributed by atoms with E-state index in [1.807, 2.05) is 12.1 Å². The predicted molar refractivity (Wildman–Crippen MR) is 67.2 cm³/mol. The van der Waals surface area contributed by atoms with Gasteiger partial charge in [-0.3, -0.25) is 4.79 Å². The zero-order valence-electron chi connectivity index (χ0n) is 9.80. The molecule has 2 aromatic rings. The molecule has 0 bridgehead atoms. The van der Waals surface area contributed by atoms with Crippen molar-refractivity contribution in [1.29, 1.82) is 5.26 Å². The normalized spacial score (nSPS) is 9.78. The number of anilines is 1. The van der Waals surface area contributed by atoms with Crippen molar-refractivity contribution in [3.05, 3.63) is 30.5 Å². The molecule has 5 nitrogen and oxygen atoms in total. The van der Waals surface area contributed by atoms with Gasteiger partial charge in [0.15, 0.2) is 0 Å². The molecular formula is C13H11N3O2. The van der Waals surface area contributed by atoms with Crippen LogP contribution < -0.4 is 10.1 Å². The first-order valence-corrected chi connectivity index (χ1v) is 5.34. The first-order valence-electron chi connectivity index (χ1n) is 5.34. The van der Waals surface area contributed by atoms with Crippen molar-refractivity contribution in [1.82, 2.24) is 4.98 Å². The van der Waals surface area contributed by atoms with Gasteiger partial charge in [-0.05, 0) is 23.6 Å². The molecule has 0 fully saturated rings. The van der Waals surface area contributed by atoms with Gasteiger partial charge in [-0.2, -0.15) is 5.26 Å². The van der Waals surface area contributed by atoms with Crippen LogP contribution in [0.1, 0.15) is 6.42 Å². The molecular weight excluding hydrogens is 230 g/mol. The van der Waals surface area contributed by atoms with Gasteiger partial charge < -0.3 is 10.1 Å². The Kier molecular flexibility index (Phi) is 3.39. The topological polar surface area (TPSA) is 75.0 Å². The number of fused-ring (bicyclic) bond motifs is 1. The summed E-state index contributed by atoms with van der Waals surface area (Å²) in [6.45, 7) is 0. The zero-order valence-corrected chi connectivity index (χ0v) is 9.80. The summed E-state index contributed by atoms with van der Waals surface area (Å²) in [5.41, 5.74) is 0.619. The van der Waals surface area contributed by atoms with Crippen molar-refractivity contribution in [2.24, 2.45) is 0 Å². The van der Waals surface area contributed by atoms with E-state index in [0.29, 0.717) is 11.6 Å². The molecule has 1 N–H and O–H groups in total. The Morgan fingerprint density at radius 1 is 1.50 bits per heavy atom. The highest BCUT2D eigenvalue weighted by molar-refractivity contribution is 5.96. The van der Waals surface area contributed by atoms with Crippen LogP contribution in [0.25, 0.3) is 10.8 Å². The molecule has 0 aliphatic carbocycles. The lowest BCUT2D eigenvalue weighted by Crippen LogP contribution is -2.09. The number of rotatable bonds is 3. The lowest BCUT2D eigenvalue weighted by molar-refractivity contribution is -0.115.